The van der Waals surface area contributed by atoms with Gasteiger partial charge in [0.1, 0.15) is 0 Å². The second-order valence-corrected chi connectivity index (χ2v) is 7.35. The van der Waals surface area contributed by atoms with E-state index >= 15 is 0 Å². The summed E-state index contributed by atoms with van der Waals surface area (Å²) in [7, 11) is 0. The molecule has 3 aromatic rings. The van der Waals surface area contributed by atoms with Gasteiger partial charge < -0.3 is 0 Å². The van der Waals surface area contributed by atoms with Crippen molar-refractivity contribution in [2.75, 3.05) is 0 Å². The van der Waals surface area contributed by atoms with Crippen LogP contribution in [0.2, 0.25) is 0 Å². The van der Waals surface area contributed by atoms with Crippen LogP contribution in [0.15, 0.2) is 36.0 Å². The van der Waals surface area contributed by atoms with Crippen molar-refractivity contribution < 1.29 is 19.4 Å². The molecule has 3 rings (SSSR count). The fraction of sp³-hybridized carbons (Fsp3) is 0.375. The third-order valence-corrected chi connectivity index (χ3v) is 5.70. The number of aromatic nitrogens is 4. The number of aromatic amines is 1. The Morgan fingerprint density at radius 2 is 2.18 bits per heavy atom. The second-order valence-electron chi connectivity index (χ2n) is 5.41. The van der Waals surface area contributed by atoms with E-state index < -0.39 is 0 Å². The average Bonchev–Trinajstić information content (AvgIpc) is 3.21. The summed E-state index contributed by atoms with van der Waals surface area (Å²) in [6.07, 6.45) is 9.05. The maximum absolute atomic E-state index is 4.28. The van der Waals surface area contributed by atoms with Crippen LogP contribution in [0.5, 0.6) is 0 Å². The van der Waals surface area contributed by atoms with Crippen LogP contribution in [0, 0.1) is 10.7 Å². The van der Waals surface area contributed by atoms with Crippen LogP contribution < -0.4 is 0 Å². The van der Waals surface area contributed by atoms with Crippen LogP contribution in [-0.4, -0.2) is 19.3 Å². The molecule has 4 nitrogen and oxygen atoms in total. The first-order valence-electron chi connectivity index (χ1n) is 7.52. The number of rotatable bonds is 7. The first-order valence-corrected chi connectivity index (χ1v) is 9.53. The van der Waals surface area contributed by atoms with Gasteiger partial charge in [0.05, 0.1) is 0 Å². The third-order valence-electron chi connectivity index (χ3n) is 3.63. The van der Waals surface area contributed by atoms with Gasteiger partial charge in [-0.1, -0.05) is 0 Å². The van der Waals surface area contributed by atoms with Crippen molar-refractivity contribution in [2.45, 2.75) is 39.2 Å². The van der Waals surface area contributed by atoms with Crippen molar-refractivity contribution in [2.24, 2.45) is 0 Å². The van der Waals surface area contributed by atoms with Gasteiger partial charge in [-0.3, -0.25) is 0 Å². The molecule has 22 heavy (non-hydrogen) atoms. The summed E-state index contributed by atoms with van der Waals surface area (Å²) in [6, 6.07) is 6.39. The summed E-state index contributed by atoms with van der Waals surface area (Å²) in [6.45, 7) is 3.13. The summed E-state index contributed by atoms with van der Waals surface area (Å²) >= 11 is 4.18. The normalized spacial score (nSPS) is 11.2. The van der Waals surface area contributed by atoms with Crippen molar-refractivity contribution in [1.29, 1.82) is 0 Å². The van der Waals surface area contributed by atoms with Gasteiger partial charge in [0.25, 0.3) is 0 Å². The molecule has 0 atom stereocenters. The van der Waals surface area contributed by atoms with E-state index in [1.807, 2.05) is 6.92 Å². The Bertz CT molecular complexity index is 766. The Balaban J connectivity index is 1.47. The minimum atomic E-state index is 1.07. The second kappa shape index (κ2) is 7.38. The van der Waals surface area contributed by atoms with E-state index in [1.54, 1.807) is 11.3 Å². The topological polar surface area (TPSA) is 38.5 Å². The molecular weight excluding hydrogens is 475 g/mol. The van der Waals surface area contributed by atoms with Gasteiger partial charge >= 0.3 is 145 Å². The third kappa shape index (κ3) is 3.76. The van der Waals surface area contributed by atoms with Crippen molar-refractivity contribution >= 4 is 11.3 Å². The molecule has 0 aliphatic rings. The van der Waals surface area contributed by atoms with E-state index in [4.69, 9.17) is 0 Å². The molecule has 0 fully saturated rings. The van der Waals surface area contributed by atoms with Crippen LogP contribution >= 0.6 is 11.3 Å². The van der Waals surface area contributed by atoms with Crippen LogP contribution in [-0.2, 0) is 32.3 Å². The predicted molar refractivity (Wildman–Crippen MR) is 85.8 cm³/mol. The van der Waals surface area contributed by atoms with E-state index in [0.717, 1.165) is 18.7 Å². The maximum atomic E-state index is 4.28. The number of hydrogen-bond acceptors (Lipinski definition) is 2. The minimum absolute atomic E-state index is 1.07. The number of hydrogen-bond donors (Lipinski definition) is 1. The number of nitrogens with zero attached hydrogens (tertiary/aromatic N) is 3. The predicted octanol–water partition coefficient (Wildman–Crippen LogP) is 3.86. The number of imidazole rings is 1. The molecule has 3 heterocycles. The molecular formula is C16H20N4PtS. The SMILES string of the molecule is Cc1cc(CCCCCn2ccn(-c3cccs3)[c]2=[Pt])n[nH]1. The molecule has 0 amide bonds. The van der Waals surface area contributed by atoms with Crippen molar-refractivity contribution in [3.63, 3.8) is 0 Å². The van der Waals surface area contributed by atoms with E-state index in [1.165, 1.54) is 33.8 Å². The molecule has 6 heteroatoms. The zero-order chi connectivity index (χ0) is 15.4. The van der Waals surface area contributed by atoms with Gasteiger partial charge in [-0.15, -0.1) is 0 Å². The molecule has 0 aliphatic carbocycles. The van der Waals surface area contributed by atoms with Gasteiger partial charge in [-0.2, -0.15) is 0 Å². The summed E-state index contributed by atoms with van der Waals surface area (Å²) in [5.41, 5.74) is 2.33. The molecule has 0 spiro atoms. The number of aryl methyl sites for hydroxylation is 3. The first-order chi connectivity index (χ1) is 10.7. The molecule has 0 aliphatic heterocycles. The first kappa shape index (κ1) is 15.7. The average molecular weight is 496 g/mol. The zero-order valence-electron chi connectivity index (χ0n) is 12.6. The standard InChI is InChI=1S/C16H20N4S.Pt/c1-14-12-15(18-17-14)6-3-2-4-8-19-9-10-20(13-19)16-7-5-11-21-16;/h5,7,9-12H,2-4,6,8H2,1H3,(H,17,18);. The van der Waals surface area contributed by atoms with Gasteiger partial charge in [0.2, 0.25) is 0 Å². The molecule has 0 radical (unpaired) electrons. The summed E-state index contributed by atoms with van der Waals surface area (Å²) < 4.78 is 5.85. The molecule has 1 N–H and O–H groups in total. The molecule has 0 saturated carbocycles. The Morgan fingerprint density at radius 1 is 1.27 bits per heavy atom. The van der Waals surface area contributed by atoms with Crippen LogP contribution in [0.3, 0.4) is 0 Å². The van der Waals surface area contributed by atoms with Crippen molar-refractivity contribution in [1.82, 2.24) is 19.3 Å². The Kier molecular flexibility index (Phi) is 5.27. The number of H-pyrrole nitrogens is 1. The van der Waals surface area contributed by atoms with E-state index in [2.05, 4.69) is 74.7 Å². The van der Waals surface area contributed by atoms with E-state index in [-0.39, 0.29) is 0 Å². The van der Waals surface area contributed by atoms with Crippen molar-refractivity contribution in [3.05, 3.63) is 51.2 Å². The van der Waals surface area contributed by atoms with E-state index in [9.17, 15) is 0 Å². The number of thiophene rings is 1. The van der Waals surface area contributed by atoms with Crippen molar-refractivity contribution in [3.8, 4) is 5.00 Å². The Hall–Kier alpha value is -1.19. The molecule has 0 bridgehead atoms. The van der Waals surface area contributed by atoms with Crippen LogP contribution in [0.4, 0.5) is 0 Å². The number of nitrogens with one attached hydrogen (secondary N) is 1. The van der Waals surface area contributed by atoms with Crippen LogP contribution in [0.25, 0.3) is 5.00 Å². The van der Waals surface area contributed by atoms with Gasteiger partial charge in [0, 0.05) is 0 Å². The van der Waals surface area contributed by atoms with Gasteiger partial charge in [-0.25, -0.2) is 0 Å². The van der Waals surface area contributed by atoms with Gasteiger partial charge in [-0.05, 0) is 0 Å². The Labute approximate surface area is 145 Å². The summed E-state index contributed by atoms with van der Waals surface area (Å²) in [5, 5.41) is 10.7. The Morgan fingerprint density at radius 3 is 2.91 bits per heavy atom. The molecule has 3 aromatic heterocycles. The molecule has 0 unspecified atom stereocenters. The number of unbranched alkanes of at least 4 members (excludes halogenated alkanes) is 2. The van der Waals surface area contributed by atoms with Gasteiger partial charge in [0.15, 0.2) is 0 Å². The van der Waals surface area contributed by atoms with E-state index in [0.29, 0.717) is 0 Å². The fourth-order valence-electron chi connectivity index (χ4n) is 2.49. The fourth-order valence-corrected chi connectivity index (χ4v) is 4.24. The van der Waals surface area contributed by atoms with Crippen LogP contribution in [0.1, 0.15) is 30.7 Å². The molecule has 0 aromatic carbocycles. The zero-order valence-corrected chi connectivity index (χ0v) is 15.7. The molecule has 0 saturated heterocycles. The summed E-state index contributed by atoms with van der Waals surface area (Å²) in [5.74, 6) is 0. The quantitative estimate of drug-likeness (QED) is 0.497. The monoisotopic (exact) mass is 495 g/mol. The summed E-state index contributed by atoms with van der Waals surface area (Å²) in [4.78, 5) is 0. The molecule has 120 valence electrons.